The Hall–Kier alpha value is -3.67. The predicted octanol–water partition coefficient (Wildman–Crippen LogP) is 3.31. The molecular formula is C24H23N5O. The average molecular weight is 397 g/mol. The first-order valence-electron chi connectivity index (χ1n) is 10.2. The number of hydrogen-bond donors (Lipinski definition) is 0. The maximum Gasteiger partial charge on any atom is 0.227 e. The van der Waals surface area contributed by atoms with E-state index < -0.39 is 0 Å². The Balaban J connectivity index is 1.25. The van der Waals surface area contributed by atoms with E-state index in [0.29, 0.717) is 19.5 Å². The number of hydrogen-bond acceptors (Lipinski definition) is 4. The summed E-state index contributed by atoms with van der Waals surface area (Å²) in [6.45, 7) is 2.94. The summed E-state index contributed by atoms with van der Waals surface area (Å²) in [5.74, 6) is 1.93. The molecule has 0 unspecified atom stereocenters. The largest absolute Gasteiger partial charge is 0.353 e. The Kier molecular flexibility index (Phi) is 4.89. The first-order valence-corrected chi connectivity index (χ1v) is 10.2. The smallest absolute Gasteiger partial charge is 0.227 e. The predicted molar refractivity (Wildman–Crippen MR) is 118 cm³/mol. The number of fused-ring (bicyclic) bond motifs is 1. The number of carbonyl (C=O) groups is 1. The number of nitrogens with zero attached hydrogens (tertiary/aromatic N) is 5. The summed E-state index contributed by atoms with van der Waals surface area (Å²) in [6.07, 6.45) is 5.97. The monoisotopic (exact) mass is 397 g/mol. The van der Waals surface area contributed by atoms with Crippen molar-refractivity contribution >= 4 is 22.5 Å². The van der Waals surface area contributed by atoms with E-state index in [1.54, 1.807) is 6.33 Å². The van der Waals surface area contributed by atoms with Crippen molar-refractivity contribution in [2.45, 2.75) is 6.42 Å². The standard InChI is InChI=1S/C24H23N5O/c30-24(16-20-8-5-7-19-6-1-2-9-21(19)20)29-14-12-28(13-15-29)23-17-22(25-18-26-23)27-10-3-4-11-27/h1-11,17-18H,12-16H2. The molecular weight excluding hydrogens is 374 g/mol. The quantitative estimate of drug-likeness (QED) is 0.530. The fourth-order valence-corrected chi connectivity index (χ4v) is 4.04. The van der Waals surface area contributed by atoms with E-state index in [1.807, 2.05) is 58.3 Å². The van der Waals surface area contributed by atoms with Crippen molar-refractivity contribution in [2.24, 2.45) is 0 Å². The van der Waals surface area contributed by atoms with Crippen molar-refractivity contribution < 1.29 is 4.79 Å². The van der Waals surface area contributed by atoms with Crippen LogP contribution in [0.2, 0.25) is 0 Å². The summed E-state index contributed by atoms with van der Waals surface area (Å²) < 4.78 is 1.97. The molecule has 2 aromatic carbocycles. The molecule has 0 spiro atoms. The van der Waals surface area contributed by atoms with Crippen LogP contribution in [0, 0.1) is 0 Å². The first kappa shape index (κ1) is 18.4. The molecule has 6 heteroatoms. The Labute approximate surface area is 175 Å². The molecule has 4 aromatic rings. The van der Waals surface area contributed by atoms with Crippen molar-refractivity contribution in [1.29, 1.82) is 0 Å². The molecule has 1 amide bonds. The second kappa shape index (κ2) is 7.99. The third-order valence-electron chi connectivity index (χ3n) is 5.69. The zero-order chi connectivity index (χ0) is 20.3. The van der Waals surface area contributed by atoms with Crippen molar-refractivity contribution in [1.82, 2.24) is 19.4 Å². The number of piperazine rings is 1. The summed E-state index contributed by atoms with van der Waals surface area (Å²) in [5.41, 5.74) is 1.09. The maximum absolute atomic E-state index is 12.9. The Morgan fingerprint density at radius 2 is 1.57 bits per heavy atom. The topological polar surface area (TPSA) is 54.3 Å². The van der Waals surface area contributed by atoms with E-state index in [1.165, 1.54) is 5.39 Å². The lowest BCUT2D eigenvalue weighted by Gasteiger charge is -2.35. The minimum absolute atomic E-state index is 0.182. The molecule has 1 fully saturated rings. The number of rotatable bonds is 4. The van der Waals surface area contributed by atoms with Gasteiger partial charge in [0.25, 0.3) is 0 Å². The van der Waals surface area contributed by atoms with Crippen molar-refractivity contribution in [3.8, 4) is 5.82 Å². The number of anilines is 1. The van der Waals surface area contributed by atoms with Crippen LogP contribution in [-0.4, -0.2) is 51.5 Å². The molecule has 1 aliphatic rings. The average Bonchev–Trinajstić information content (AvgIpc) is 3.35. The molecule has 1 saturated heterocycles. The number of carbonyl (C=O) groups excluding carboxylic acids is 1. The highest BCUT2D eigenvalue weighted by Crippen LogP contribution is 2.21. The van der Waals surface area contributed by atoms with Gasteiger partial charge in [-0.1, -0.05) is 42.5 Å². The van der Waals surface area contributed by atoms with Gasteiger partial charge in [-0.25, -0.2) is 9.97 Å². The molecule has 5 rings (SSSR count). The number of benzene rings is 2. The molecule has 0 atom stereocenters. The van der Waals surface area contributed by atoms with E-state index in [0.717, 1.165) is 35.7 Å². The summed E-state index contributed by atoms with van der Waals surface area (Å²) in [4.78, 5) is 25.9. The van der Waals surface area contributed by atoms with Crippen LogP contribution in [0.4, 0.5) is 5.82 Å². The third-order valence-corrected chi connectivity index (χ3v) is 5.69. The van der Waals surface area contributed by atoms with E-state index in [9.17, 15) is 4.79 Å². The van der Waals surface area contributed by atoms with Gasteiger partial charge < -0.3 is 14.4 Å². The van der Waals surface area contributed by atoms with Crippen LogP contribution >= 0.6 is 0 Å². The summed E-state index contributed by atoms with van der Waals surface area (Å²) in [6, 6.07) is 20.4. The third kappa shape index (κ3) is 3.64. The zero-order valence-electron chi connectivity index (χ0n) is 16.7. The van der Waals surface area contributed by atoms with Crippen molar-refractivity contribution in [3.63, 3.8) is 0 Å². The fraction of sp³-hybridized carbons (Fsp3) is 0.208. The minimum Gasteiger partial charge on any atom is -0.353 e. The minimum atomic E-state index is 0.182. The Bertz CT molecular complexity index is 1160. The van der Waals surface area contributed by atoms with Gasteiger partial charge in [-0.05, 0) is 28.5 Å². The van der Waals surface area contributed by atoms with E-state index in [2.05, 4.69) is 39.1 Å². The molecule has 150 valence electrons. The first-order chi connectivity index (χ1) is 14.8. The van der Waals surface area contributed by atoms with Gasteiger partial charge in [-0.2, -0.15) is 0 Å². The van der Waals surface area contributed by atoms with Gasteiger partial charge in [-0.15, -0.1) is 0 Å². The molecule has 0 aliphatic carbocycles. The molecule has 0 saturated carbocycles. The van der Waals surface area contributed by atoms with Crippen LogP contribution in [0.3, 0.4) is 0 Å². The van der Waals surface area contributed by atoms with Crippen LogP contribution < -0.4 is 4.90 Å². The summed E-state index contributed by atoms with van der Waals surface area (Å²) in [7, 11) is 0. The molecule has 6 nitrogen and oxygen atoms in total. The van der Waals surface area contributed by atoms with Crippen LogP contribution in [0.5, 0.6) is 0 Å². The fourth-order valence-electron chi connectivity index (χ4n) is 4.04. The lowest BCUT2D eigenvalue weighted by atomic mass is 10.0. The molecule has 0 N–H and O–H groups in total. The molecule has 0 bridgehead atoms. The highest BCUT2D eigenvalue weighted by Gasteiger charge is 2.22. The van der Waals surface area contributed by atoms with E-state index in [-0.39, 0.29) is 5.91 Å². The molecule has 3 heterocycles. The highest BCUT2D eigenvalue weighted by atomic mass is 16.2. The van der Waals surface area contributed by atoms with Gasteiger partial charge in [0.1, 0.15) is 18.0 Å². The van der Waals surface area contributed by atoms with Gasteiger partial charge in [0.05, 0.1) is 6.42 Å². The second-order valence-corrected chi connectivity index (χ2v) is 7.51. The van der Waals surface area contributed by atoms with Gasteiger partial charge in [-0.3, -0.25) is 4.79 Å². The van der Waals surface area contributed by atoms with E-state index in [4.69, 9.17) is 0 Å². The van der Waals surface area contributed by atoms with Crippen molar-refractivity contribution in [2.75, 3.05) is 31.1 Å². The summed E-state index contributed by atoms with van der Waals surface area (Å²) >= 11 is 0. The normalized spacial score (nSPS) is 14.3. The Morgan fingerprint density at radius 3 is 2.40 bits per heavy atom. The molecule has 30 heavy (non-hydrogen) atoms. The maximum atomic E-state index is 12.9. The molecule has 0 radical (unpaired) electrons. The number of aromatic nitrogens is 3. The van der Waals surface area contributed by atoms with Crippen LogP contribution in [-0.2, 0) is 11.2 Å². The lowest BCUT2D eigenvalue weighted by molar-refractivity contribution is -0.130. The van der Waals surface area contributed by atoms with Gasteiger partial charge >= 0.3 is 0 Å². The van der Waals surface area contributed by atoms with Crippen LogP contribution in [0.15, 0.2) is 79.4 Å². The second-order valence-electron chi connectivity index (χ2n) is 7.51. The molecule has 1 aliphatic heterocycles. The van der Waals surface area contributed by atoms with Gasteiger partial charge in [0.2, 0.25) is 5.91 Å². The Morgan fingerprint density at radius 1 is 0.833 bits per heavy atom. The van der Waals surface area contributed by atoms with Crippen molar-refractivity contribution in [3.05, 3.63) is 84.9 Å². The lowest BCUT2D eigenvalue weighted by Crippen LogP contribution is -2.49. The van der Waals surface area contributed by atoms with Crippen LogP contribution in [0.1, 0.15) is 5.56 Å². The van der Waals surface area contributed by atoms with Crippen LogP contribution in [0.25, 0.3) is 16.6 Å². The van der Waals surface area contributed by atoms with Gasteiger partial charge in [0, 0.05) is 44.6 Å². The highest BCUT2D eigenvalue weighted by molar-refractivity contribution is 5.90. The van der Waals surface area contributed by atoms with Gasteiger partial charge in [0.15, 0.2) is 0 Å². The summed E-state index contributed by atoms with van der Waals surface area (Å²) in [5, 5.41) is 2.33. The molecule has 2 aromatic heterocycles. The SMILES string of the molecule is O=C(Cc1cccc2ccccc12)N1CCN(c2cc(-n3cccc3)ncn2)CC1. The zero-order valence-corrected chi connectivity index (χ0v) is 16.7. The number of amides is 1. The van der Waals surface area contributed by atoms with E-state index >= 15 is 0 Å².